The number of hydrogen-bond acceptors (Lipinski definition) is 6. The number of nitrogens with zero attached hydrogens (tertiary/aromatic N) is 3. The maximum absolute atomic E-state index is 12.9. The topological polar surface area (TPSA) is 119 Å². The zero-order valence-corrected chi connectivity index (χ0v) is 19.8. The van der Waals surface area contributed by atoms with Crippen LogP contribution < -0.4 is 10.6 Å². The van der Waals surface area contributed by atoms with Gasteiger partial charge in [-0.05, 0) is 43.8 Å². The van der Waals surface area contributed by atoms with Crippen molar-refractivity contribution in [2.24, 2.45) is 0 Å². The predicted octanol–water partition coefficient (Wildman–Crippen LogP) is 1.03. The molecule has 34 heavy (non-hydrogen) atoms. The van der Waals surface area contributed by atoms with Gasteiger partial charge in [-0.3, -0.25) is 14.5 Å². The Hall–Kier alpha value is -3.28. The fourth-order valence-corrected chi connectivity index (χ4v) is 5.46. The summed E-state index contributed by atoms with van der Waals surface area (Å²) in [6, 6.07) is 14.0. The van der Waals surface area contributed by atoms with Crippen LogP contribution in [0, 0.1) is 0 Å². The molecule has 4 amide bonds. The molecule has 2 heterocycles. The summed E-state index contributed by atoms with van der Waals surface area (Å²) < 4.78 is 27.1. The van der Waals surface area contributed by atoms with Crippen LogP contribution in [0.1, 0.15) is 12.5 Å². The summed E-state index contributed by atoms with van der Waals surface area (Å²) in [4.78, 5) is 41.0. The smallest absolute Gasteiger partial charge is 0.325 e. The Labute approximate surface area is 198 Å². The normalized spacial score (nSPS) is 22.0. The van der Waals surface area contributed by atoms with E-state index in [9.17, 15) is 22.8 Å². The Bertz CT molecular complexity index is 1190. The molecule has 10 nitrogen and oxygen atoms in total. The molecule has 0 bridgehead atoms. The van der Waals surface area contributed by atoms with Gasteiger partial charge in [0.05, 0.1) is 4.90 Å². The molecule has 0 saturated carbocycles. The molecular formula is C23H27N5O5S. The molecule has 2 aromatic rings. The van der Waals surface area contributed by atoms with Crippen LogP contribution in [0.5, 0.6) is 0 Å². The first-order valence-corrected chi connectivity index (χ1v) is 12.3. The van der Waals surface area contributed by atoms with E-state index in [1.165, 1.54) is 28.6 Å². The van der Waals surface area contributed by atoms with Gasteiger partial charge in [0.25, 0.3) is 5.91 Å². The van der Waals surface area contributed by atoms with Gasteiger partial charge < -0.3 is 15.5 Å². The molecule has 2 fully saturated rings. The summed E-state index contributed by atoms with van der Waals surface area (Å²) in [5.74, 6) is -1.09. The van der Waals surface area contributed by atoms with Crippen LogP contribution in [0.15, 0.2) is 59.5 Å². The first-order valence-electron chi connectivity index (χ1n) is 10.9. The lowest BCUT2D eigenvalue weighted by Crippen LogP contribution is -2.46. The molecule has 0 aromatic heterocycles. The van der Waals surface area contributed by atoms with Gasteiger partial charge in [-0.25, -0.2) is 13.2 Å². The molecule has 2 aromatic carbocycles. The average Bonchev–Trinajstić information content (AvgIpc) is 3.04. The highest BCUT2D eigenvalue weighted by atomic mass is 32.2. The van der Waals surface area contributed by atoms with E-state index in [0.29, 0.717) is 37.4 Å². The molecule has 2 N–H and O–H groups in total. The number of hydrogen-bond donors (Lipinski definition) is 2. The van der Waals surface area contributed by atoms with Crippen molar-refractivity contribution < 1.29 is 22.8 Å². The van der Waals surface area contributed by atoms with Crippen molar-refractivity contribution in [1.82, 2.24) is 19.4 Å². The van der Waals surface area contributed by atoms with Crippen molar-refractivity contribution in [2.45, 2.75) is 17.4 Å². The summed E-state index contributed by atoms with van der Waals surface area (Å²) in [5.41, 5.74) is -0.272. The molecule has 0 aliphatic carbocycles. The van der Waals surface area contributed by atoms with Gasteiger partial charge >= 0.3 is 6.03 Å². The largest absolute Gasteiger partial charge is 0.325 e. The SMILES string of the molecule is CN1CCN(S(=O)(=O)c2ccc(NC(=O)CN3C(=O)NC(C)(c4ccccc4)C3=O)cc2)CC1. The Balaban J connectivity index is 1.40. The molecule has 11 heteroatoms. The lowest BCUT2D eigenvalue weighted by atomic mass is 9.92. The fourth-order valence-electron chi connectivity index (χ4n) is 4.04. The standard InChI is InChI=1S/C23H27N5O5S/c1-23(17-6-4-3-5-7-17)21(30)28(22(31)25-23)16-20(29)24-18-8-10-19(11-9-18)34(32,33)27-14-12-26(2)13-15-27/h3-11H,12-16H2,1-2H3,(H,24,29)(H,25,31). The van der Waals surface area contributed by atoms with Crippen molar-refractivity contribution in [3.63, 3.8) is 0 Å². The van der Waals surface area contributed by atoms with Crippen molar-refractivity contribution in [1.29, 1.82) is 0 Å². The number of rotatable bonds is 6. The van der Waals surface area contributed by atoms with Crippen molar-refractivity contribution in [3.05, 3.63) is 60.2 Å². The maximum Gasteiger partial charge on any atom is 0.325 e. The van der Waals surface area contributed by atoms with Crippen LogP contribution >= 0.6 is 0 Å². The number of benzene rings is 2. The van der Waals surface area contributed by atoms with Crippen LogP contribution in [-0.2, 0) is 25.2 Å². The van der Waals surface area contributed by atoms with Crippen LogP contribution in [0.25, 0.3) is 0 Å². The molecule has 180 valence electrons. The number of piperazine rings is 1. The number of urea groups is 1. The van der Waals surface area contributed by atoms with Crippen LogP contribution in [0.3, 0.4) is 0 Å². The molecule has 4 rings (SSSR count). The molecule has 2 saturated heterocycles. The van der Waals surface area contributed by atoms with Crippen molar-refractivity contribution in [2.75, 3.05) is 45.1 Å². The van der Waals surface area contributed by atoms with E-state index in [2.05, 4.69) is 15.5 Å². The summed E-state index contributed by atoms with van der Waals surface area (Å²) in [7, 11) is -1.67. The third-order valence-electron chi connectivity index (χ3n) is 6.17. The number of nitrogens with one attached hydrogen (secondary N) is 2. The molecule has 1 unspecified atom stereocenters. The van der Waals surface area contributed by atoms with Gasteiger partial charge in [0, 0.05) is 31.9 Å². The zero-order chi connectivity index (χ0) is 24.5. The third kappa shape index (κ3) is 4.54. The number of imide groups is 1. The minimum atomic E-state index is -3.62. The number of sulfonamides is 1. The molecule has 2 aliphatic heterocycles. The number of anilines is 1. The highest BCUT2D eigenvalue weighted by Crippen LogP contribution is 2.28. The van der Waals surface area contributed by atoms with Gasteiger partial charge in [-0.15, -0.1) is 0 Å². The first kappa shape index (κ1) is 23.9. The van der Waals surface area contributed by atoms with E-state index >= 15 is 0 Å². The van der Waals surface area contributed by atoms with Gasteiger partial charge in [0.15, 0.2) is 0 Å². The third-order valence-corrected chi connectivity index (χ3v) is 8.08. The first-order chi connectivity index (χ1) is 16.1. The van der Waals surface area contributed by atoms with Gasteiger partial charge in [0.2, 0.25) is 15.9 Å². The molecular weight excluding hydrogens is 458 g/mol. The number of carbonyl (C=O) groups excluding carboxylic acids is 3. The second-order valence-corrected chi connectivity index (χ2v) is 10.5. The Morgan fingerprint density at radius 1 is 1.00 bits per heavy atom. The Morgan fingerprint density at radius 3 is 2.24 bits per heavy atom. The van der Waals surface area contributed by atoms with E-state index in [-0.39, 0.29) is 4.90 Å². The lowest BCUT2D eigenvalue weighted by molar-refractivity contribution is -0.133. The van der Waals surface area contributed by atoms with Crippen LogP contribution in [0.4, 0.5) is 10.5 Å². The number of amides is 4. The second-order valence-electron chi connectivity index (χ2n) is 8.59. The Kier molecular flexibility index (Phi) is 6.43. The summed E-state index contributed by atoms with van der Waals surface area (Å²) in [6.07, 6.45) is 0. The quantitative estimate of drug-likeness (QED) is 0.590. The van der Waals surface area contributed by atoms with Crippen LogP contribution in [-0.4, -0.2) is 80.1 Å². The van der Waals surface area contributed by atoms with E-state index in [1.54, 1.807) is 37.3 Å². The monoisotopic (exact) mass is 485 g/mol. The summed E-state index contributed by atoms with van der Waals surface area (Å²) in [5, 5.41) is 5.27. The van der Waals surface area contributed by atoms with Crippen molar-refractivity contribution in [3.8, 4) is 0 Å². The number of carbonyl (C=O) groups is 3. The van der Waals surface area contributed by atoms with Crippen molar-refractivity contribution >= 4 is 33.6 Å². The molecule has 1 atom stereocenters. The molecule has 2 aliphatic rings. The summed E-state index contributed by atoms with van der Waals surface area (Å²) in [6.45, 7) is 3.31. The zero-order valence-electron chi connectivity index (χ0n) is 19.0. The summed E-state index contributed by atoms with van der Waals surface area (Å²) >= 11 is 0. The van der Waals surface area contributed by atoms with E-state index in [0.717, 1.165) is 4.90 Å². The van der Waals surface area contributed by atoms with E-state index < -0.39 is 40.0 Å². The lowest BCUT2D eigenvalue weighted by Gasteiger charge is -2.31. The second kappa shape index (κ2) is 9.16. The highest BCUT2D eigenvalue weighted by Gasteiger charge is 2.49. The molecule has 0 spiro atoms. The van der Waals surface area contributed by atoms with E-state index in [4.69, 9.17) is 0 Å². The Morgan fingerprint density at radius 2 is 1.62 bits per heavy atom. The minimum Gasteiger partial charge on any atom is -0.325 e. The number of likely N-dealkylation sites (N-methyl/N-ethyl adjacent to an activating group) is 1. The highest BCUT2D eigenvalue weighted by molar-refractivity contribution is 7.89. The predicted molar refractivity (Wildman–Crippen MR) is 125 cm³/mol. The fraction of sp³-hybridized carbons (Fsp3) is 0.348. The minimum absolute atomic E-state index is 0.141. The maximum atomic E-state index is 12.9. The van der Waals surface area contributed by atoms with Gasteiger partial charge in [-0.1, -0.05) is 30.3 Å². The van der Waals surface area contributed by atoms with Gasteiger partial charge in [0.1, 0.15) is 12.1 Å². The van der Waals surface area contributed by atoms with E-state index in [1.807, 2.05) is 7.05 Å². The van der Waals surface area contributed by atoms with Crippen LogP contribution in [0.2, 0.25) is 0 Å². The van der Waals surface area contributed by atoms with Gasteiger partial charge in [-0.2, -0.15) is 4.31 Å². The molecule has 0 radical (unpaired) electrons. The average molecular weight is 486 g/mol.